The Morgan fingerprint density at radius 3 is 2.04 bits per heavy atom. The molecule has 0 aliphatic carbocycles. The van der Waals surface area contributed by atoms with Crippen molar-refractivity contribution in [1.29, 1.82) is 0 Å². The normalized spacial score (nSPS) is 12.1. The van der Waals surface area contributed by atoms with Crippen molar-refractivity contribution in [2.24, 2.45) is 0 Å². The van der Waals surface area contributed by atoms with Crippen LogP contribution >= 0.6 is 39.3 Å². The van der Waals surface area contributed by atoms with E-state index in [9.17, 15) is 27.6 Å². The van der Waals surface area contributed by atoms with E-state index in [1.165, 1.54) is 11.8 Å². The Kier molecular flexibility index (Phi) is 11.6. The van der Waals surface area contributed by atoms with Gasteiger partial charge in [-0.1, -0.05) is 88.2 Å². The molecule has 0 heterocycles. The van der Waals surface area contributed by atoms with Crippen molar-refractivity contribution in [3.05, 3.63) is 165 Å². The summed E-state index contributed by atoms with van der Waals surface area (Å²) in [6.07, 6.45) is -3.05. The van der Waals surface area contributed by atoms with Crippen LogP contribution in [0.4, 0.5) is 24.5 Å². The van der Waals surface area contributed by atoms with Gasteiger partial charge in [-0.15, -0.1) is 11.8 Å². The lowest BCUT2D eigenvalue weighted by molar-refractivity contribution is -0.137. The lowest BCUT2D eigenvalue weighted by Crippen LogP contribution is -2.30. The molecule has 0 spiro atoms. The maximum atomic E-state index is 13.5. The first kappa shape index (κ1) is 35.5. The van der Waals surface area contributed by atoms with Gasteiger partial charge in [-0.3, -0.25) is 14.4 Å². The van der Waals surface area contributed by atoms with E-state index < -0.39 is 34.7 Å². The molecule has 5 aromatic rings. The van der Waals surface area contributed by atoms with Crippen molar-refractivity contribution in [1.82, 2.24) is 5.32 Å². The number of rotatable bonds is 10. The van der Waals surface area contributed by atoms with E-state index in [0.717, 1.165) is 22.7 Å². The van der Waals surface area contributed by atoms with Crippen molar-refractivity contribution in [2.45, 2.75) is 16.3 Å². The largest absolute Gasteiger partial charge is 0.416 e. The van der Waals surface area contributed by atoms with E-state index >= 15 is 0 Å². The van der Waals surface area contributed by atoms with Crippen LogP contribution in [0.25, 0.3) is 6.08 Å². The summed E-state index contributed by atoms with van der Waals surface area (Å²) >= 11 is 10.7. The van der Waals surface area contributed by atoms with E-state index in [2.05, 4.69) is 31.9 Å². The summed E-state index contributed by atoms with van der Waals surface area (Å²) in [5.74, 6) is -1.60. The predicted molar refractivity (Wildman–Crippen MR) is 191 cm³/mol. The molecule has 49 heavy (non-hydrogen) atoms. The van der Waals surface area contributed by atoms with Crippen LogP contribution in [0.5, 0.6) is 0 Å². The van der Waals surface area contributed by atoms with Gasteiger partial charge >= 0.3 is 6.18 Å². The molecule has 0 bridgehead atoms. The van der Waals surface area contributed by atoms with Crippen LogP contribution < -0.4 is 16.0 Å². The van der Waals surface area contributed by atoms with Crippen LogP contribution in [0.15, 0.2) is 142 Å². The number of nitrogens with one attached hydrogen (secondary N) is 3. The van der Waals surface area contributed by atoms with Crippen LogP contribution in [0, 0.1) is 0 Å². The zero-order chi connectivity index (χ0) is 35.0. The molecule has 6 nitrogen and oxygen atoms in total. The number of thioether (sulfide) groups is 1. The molecule has 1 unspecified atom stereocenters. The first-order valence-electron chi connectivity index (χ1n) is 14.6. The average Bonchev–Trinajstić information content (AvgIpc) is 3.09. The van der Waals surface area contributed by atoms with Crippen molar-refractivity contribution in [2.75, 3.05) is 10.6 Å². The van der Waals surface area contributed by atoms with Gasteiger partial charge in [0, 0.05) is 20.6 Å². The summed E-state index contributed by atoms with van der Waals surface area (Å²) in [6.45, 7) is 0. The van der Waals surface area contributed by atoms with E-state index in [0.29, 0.717) is 27.3 Å². The van der Waals surface area contributed by atoms with Gasteiger partial charge < -0.3 is 16.0 Å². The number of alkyl halides is 3. The molecule has 248 valence electrons. The summed E-state index contributed by atoms with van der Waals surface area (Å²) in [7, 11) is 0. The van der Waals surface area contributed by atoms with Gasteiger partial charge in [0.05, 0.1) is 16.3 Å². The Morgan fingerprint density at radius 1 is 0.776 bits per heavy atom. The SMILES string of the molecule is O=C(Nc1ccc(SC(C(=O)Nc2cc(C(F)(F)F)ccc2Cl)c2ccccc2)cc1)/C(=C/c1ccc(Br)cc1)NC(=O)c1ccccc1. The first-order valence-corrected chi connectivity index (χ1v) is 16.7. The molecular weight excluding hydrogens is 739 g/mol. The fourth-order valence-corrected chi connectivity index (χ4v) is 5.97. The molecule has 3 N–H and O–H groups in total. The van der Waals surface area contributed by atoms with Crippen LogP contribution in [0.2, 0.25) is 5.02 Å². The van der Waals surface area contributed by atoms with Gasteiger partial charge in [-0.25, -0.2) is 0 Å². The second-order valence-electron chi connectivity index (χ2n) is 10.5. The summed E-state index contributed by atoms with van der Waals surface area (Å²) in [5.41, 5.74) is 1.01. The summed E-state index contributed by atoms with van der Waals surface area (Å²) in [5, 5.41) is 7.15. The zero-order valence-corrected chi connectivity index (χ0v) is 28.5. The van der Waals surface area contributed by atoms with Gasteiger partial charge in [-0.05, 0) is 83.9 Å². The predicted octanol–water partition coefficient (Wildman–Crippen LogP) is 10.0. The molecule has 5 rings (SSSR count). The molecule has 0 aromatic heterocycles. The molecule has 0 aliphatic heterocycles. The van der Waals surface area contributed by atoms with E-state index in [-0.39, 0.29) is 16.4 Å². The highest BCUT2D eigenvalue weighted by Gasteiger charge is 2.31. The molecule has 5 aromatic carbocycles. The van der Waals surface area contributed by atoms with E-state index in [1.54, 1.807) is 103 Å². The Hall–Kier alpha value is -4.84. The topological polar surface area (TPSA) is 87.3 Å². The standard InChI is InChI=1S/C37H26BrClF3N3O3S/c38-27-14-11-23(12-15-27)21-32(45-34(46)25-9-5-2-6-10-25)35(47)43-28-16-18-29(19-17-28)49-33(24-7-3-1-4-8-24)36(48)44-31-22-26(37(40,41)42)13-20-30(31)39/h1-22,33H,(H,43,47)(H,44,48)(H,45,46)/b32-21-. The highest BCUT2D eigenvalue weighted by atomic mass is 79.9. The monoisotopic (exact) mass is 763 g/mol. The number of halogens is 5. The van der Waals surface area contributed by atoms with Crippen LogP contribution in [-0.4, -0.2) is 17.7 Å². The highest BCUT2D eigenvalue weighted by molar-refractivity contribution is 9.10. The zero-order valence-electron chi connectivity index (χ0n) is 25.3. The van der Waals surface area contributed by atoms with Crippen LogP contribution in [-0.2, 0) is 15.8 Å². The fourth-order valence-electron chi connectivity index (χ4n) is 4.52. The van der Waals surface area contributed by atoms with Crippen molar-refractivity contribution in [3.8, 4) is 0 Å². The summed E-state index contributed by atoms with van der Waals surface area (Å²) in [6, 6.07) is 33.9. The Morgan fingerprint density at radius 2 is 1.41 bits per heavy atom. The molecule has 0 saturated carbocycles. The van der Waals surface area contributed by atoms with Crippen molar-refractivity contribution < 1.29 is 27.6 Å². The van der Waals surface area contributed by atoms with Gasteiger partial charge in [-0.2, -0.15) is 13.2 Å². The van der Waals surface area contributed by atoms with Crippen molar-refractivity contribution >= 4 is 74.5 Å². The maximum absolute atomic E-state index is 13.5. The van der Waals surface area contributed by atoms with E-state index in [1.807, 2.05) is 12.1 Å². The minimum atomic E-state index is -4.61. The molecule has 0 radical (unpaired) electrons. The molecule has 1 atom stereocenters. The third-order valence-electron chi connectivity index (χ3n) is 6.97. The molecular formula is C37H26BrClF3N3O3S. The van der Waals surface area contributed by atoms with E-state index in [4.69, 9.17) is 11.6 Å². The molecule has 3 amide bonds. The molecule has 0 saturated heterocycles. The Bertz CT molecular complexity index is 1980. The third-order valence-corrected chi connectivity index (χ3v) is 9.09. The minimum absolute atomic E-state index is 0.0173. The van der Waals surface area contributed by atoms with Crippen molar-refractivity contribution in [3.63, 3.8) is 0 Å². The second kappa shape index (κ2) is 16.0. The third kappa shape index (κ3) is 9.85. The number of anilines is 2. The lowest BCUT2D eigenvalue weighted by Gasteiger charge is -2.19. The van der Waals surface area contributed by atoms with Crippen LogP contribution in [0.3, 0.4) is 0 Å². The number of amides is 3. The smallest absolute Gasteiger partial charge is 0.323 e. The number of benzene rings is 5. The second-order valence-corrected chi connectivity index (χ2v) is 13.0. The number of carbonyl (C=O) groups is 3. The summed E-state index contributed by atoms with van der Waals surface area (Å²) < 4.78 is 40.9. The average molecular weight is 765 g/mol. The van der Waals surface area contributed by atoms with Gasteiger partial charge in [0.2, 0.25) is 5.91 Å². The Labute approximate surface area is 297 Å². The number of carbonyl (C=O) groups excluding carboxylic acids is 3. The Balaban J connectivity index is 1.34. The first-order chi connectivity index (χ1) is 23.5. The van der Waals surface area contributed by atoms with Crippen LogP contribution in [0.1, 0.15) is 32.3 Å². The number of hydrogen-bond donors (Lipinski definition) is 3. The number of hydrogen-bond acceptors (Lipinski definition) is 4. The highest BCUT2D eigenvalue weighted by Crippen LogP contribution is 2.39. The molecule has 12 heteroatoms. The quantitative estimate of drug-likeness (QED) is 0.0977. The fraction of sp³-hybridized carbons (Fsp3) is 0.0541. The maximum Gasteiger partial charge on any atom is 0.416 e. The lowest BCUT2D eigenvalue weighted by atomic mass is 10.1. The van der Waals surface area contributed by atoms with Gasteiger partial charge in [0.1, 0.15) is 10.9 Å². The van der Waals surface area contributed by atoms with Gasteiger partial charge in [0.25, 0.3) is 11.8 Å². The minimum Gasteiger partial charge on any atom is -0.323 e. The molecule has 0 aliphatic rings. The summed E-state index contributed by atoms with van der Waals surface area (Å²) in [4.78, 5) is 40.5. The molecule has 0 fully saturated rings. The van der Waals surface area contributed by atoms with Gasteiger partial charge in [0.15, 0.2) is 0 Å².